The molecule has 1 unspecified atom stereocenters. The second-order valence-electron chi connectivity index (χ2n) is 8.09. The van der Waals surface area contributed by atoms with Crippen LogP contribution >= 0.6 is 0 Å². The molecule has 9 nitrogen and oxygen atoms in total. The summed E-state index contributed by atoms with van der Waals surface area (Å²) in [4.78, 5) is 34.4. The van der Waals surface area contributed by atoms with Crippen LogP contribution in [-0.2, 0) is 11.2 Å². The summed E-state index contributed by atoms with van der Waals surface area (Å²) in [7, 11) is 0. The number of cyclic esters (lactones) is 1. The Hall–Kier alpha value is -4.45. The molecule has 4 rings (SSSR count). The van der Waals surface area contributed by atoms with Gasteiger partial charge in [0.1, 0.15) is 24.2 Å². The Morgan fingerprint density at radius 1 is 1.26 bits per heavy atom. The number of rotatable bonds is 7. The molecular weight excluding hydrogens is 434 g/mol. The molecule has 3 heterocycles. The number of anilines is 2. The summed E-state index contributed by atoms with van der Waals surface area (Å²) < 4.78 is 5.34. The number of aromatic nitrogens is 2. The highest BCUT2D eigenvalue weighted by atomic mass is 16.6. The number of pyridine rings is 2. The molecule has 0 spiro atoms. The minimum absolute atomic E-state index is 0.0172. The van der Waals surface area contributed by atoms with Gasteiger partial charge in [-0.25, -0.2) is 19.6 Å². The van der Waals surface area contributed by atoms with Crippen molar-refractivity contribution < 1.29 is 19.4 Å². The lowest BCUT2D eigenvalue weighted by atomic mass is 10.1. The second-order valence-corrected chi connectivity index (χ2v) is 8.09. The van der Waals surface area contributed by atoms with E-state index >= 15 is 0 Å². The van der Waals surface area contributed by atoms with Gasteiger partial charge >= 0.3 is 12.1 Å². The monoisotopic (exact) mass is 457 g/mol. The van der Waals surface area contributed by atoms with Crippen LogP contribution < -0.4 is 10.2 Å². The van der Waals surface area contributed by atoms with Crippen molar-refractivity contribution in [3.8, 4) is 6.07 Å². The summed E-state index contributed by atoms with van der Waals surface area (Å²) in [6.45, 7) is 4.01. The molecule has 0 bridgehead atoms. The quantitative estimate of drug-likeness (QED) is 0.543. The molecule has 0 saturated carbocycles. The van der Waals surface area contributed by atoms with Crippen molar-refractivity contribution in [3.63, 3.8) is 0 Å². The lowest BCUT2D eigenvalue weighted by Crippen LogP contribution is -2.36. The average molecular weight is 457 g/mol. The standard InChI is InChI=1S/C25H23N5O4/c1-15-10-21(16(2)27-20-9-8-18(13-26)28-23(20)24(31)32)29-22(11-15)30-19(14-34-25(30)33)12-17-6-4-3-5-7-17/h3-11,16,19,27H,12,14H2,1-2H3,(H,31,32)/t16?,19-/m0/s1. The number of benzene rings is 1. The van der Waals surface area contributed by atoms with Crippen LogP contribution in [0.15, 0.2) is 54.6 Å². The van der Waals surface area contributed by atoms with E-state index in [1.807, 2.05) is 62.4 Å². The Kier molecular flexibility index (Phi) is 6.41. The van der Waals surface area contributed by atoms with E-state index in [0.29, 0.717) is 17.9 Å². The van der Waals surface area contributed by atoms with Gasteiger partial charge in [-0.1, -0.05) is 30.3 Å². The Labute approximate surface area is 196 Å². The fourth-order valence-electron chi connectivity index (χ4n) is 3.91. The van der Waals surface area contributed by atoms with Crippen molar-refractivity contribution in [3.05, 3.63) is 82.8 Å². The Morgan fingerprint density at radius 2 is 2.03 bits per heavy atom. The van der Waals surface area contributed by atoms with Gasteiger partial charge in [0.2, 0.25) is 0 Å². The van der Waals surface area contributed by atoms with Gasteiger partial charge in [-0.2, -0.15) is 5.26 Å². The van der Waals surface area contributed by atoms with Crippen LogP contribution in [0.1, 0.15) is 46.0 Å². The Balaban J connectivity index is 1.61. The SMILES string of the molecule is Cc1cc(C(C)Nc2ccc(C#N)nc2C(=O)O)nc(N2C(=O)OC[C@@H]2Cc2ccccc2)c1. The molecule has 172 valence electrons. The molecule has 2 atom stereocenters. The third kappa shape index (κ3) is 4.81. The predicted molar refractivity (Wildman–Crippen MR) is 125 cm³/mol. The van der Waals surface area contributed by atoms with Crippen LogP contribution in [0.4, 0.5) is 16.3 Å². The fraction of sp³-hybridized carbons (Fsp3) is 0.240. The topological polar surface area (TPSA) is 128 Å². The number of hydrogen-bond acceptors (Lipinski definition) is 7. The molecule has 1 aliphatic rings. The zero-order chi connectivity index (χ0) is 24.2. The van der Waals surface area contributed by atoms with Gasteiger partial charge in [-0.3, -0.25) is 4.90 Å². The number of carboxylic acids is 1. The highest BCUT2D eigenvalue weighted by Gasteiger charge is 2.35. The minimum atomic E-state index is -1.24. The molecule has 34 heavy (non-hydrogen) atoms. The summed E-state index contributed by atoms with van der Waals surface area (Å²) in [5.74, 6) is -0.767. The van der Waals surface area contributed by atoms with E-state index in [9.17, 15) is 14.7 Å². The summed E-state index contributed by atoms with van der Waals surface area (Å²) in [6, 6.07) is 17.8. The van der Waals surface area contributed by atoms with Crippen molar-refractivity contribution in [2.45, 2.75) is 32.4 Å². The van der Waals surface area contributed by atoms with Gasteiger partial charge in [0.05, 0.1) is 23.5 Å². The zero-order valence-corrected chi connectivity index (χ0v) is 18.7. The molecule has 3 aromatic rings. The first kappa shape index (κ1) is 22.7. The van der Waals surface area contributed by atoms with Gasteiger partial charge in [0, 0.05) is 0 Å². The zero-order valence-electron chi connectivity index (χ0n) is 18.7. The van der Waals surface area contributed by atoms with Crippen LogP contribution in [0.2, 0.25) is 0 Å². The number of ether oxygens (including phenoxy) is 1. The number of nitrogens with zero attached hydrogens (tertiary/aromatic N) is 4. The first-order valence-electron chi connectivity index (χ1n) is 10.7. The van der Waals surface area contributed by atoms with Crippen molar-refractivity contribution in [1.82, 2.24) is 9.97 Å². The summed E-state index contributed by atoms with van der Waals surface area (Å²) in [5.41, 5.74) is 2.64. The third-order valence-electron chi connectivity index (χ3n) is 5.53. The summed E-state index contributed by atoms with van der Waals surface area (Å²) >= 11 is 0. The third-order valence-corrected chi connectivity index (χ3v) is 5.53. The number of carbonyl (C=O) groups is 2. The number of aryl methyl sites for hydroxylation is 1. The van der Waals surface area contributed by atoms with Crippen molar-refractivity contribution in [2.75, 3.05) is 16.8 Å². The largest absolute Gasteiger partial charge is 0.476 e. The lowest BCUT2D eigenvalue weighted by molar-refractivity contribution is 0.0691. The first-order valence-corrected chi connectivity index (χ1v) is 10.7. The molecule has 1 saturated heterocycles. The van der Waals surface area contributed by atoms with E-state index in [1.54, 1.807) is 4.90 Å². The first-order chi connectivity index (χ1) is 16.4. The van der Waals surface area contributed by atoms with E-state index in [1.165, 1.54) is 12.1 Å². The van der Waals surface area contributed by atoms with Crippen LogP contribution in [0, 0.1) is 18.3 Å². The molecule has 9 heteroatoms. The van der Waals surface area contributed by atoms with Crippen molar-refractivity contribution >= 4 is 23.6 Å². The minimum Gasteiger partial charge on any atom is -0.476 e. The number of nitriles is 1. The molecule has 2 aromatic heterocycles. The number of amides is 1. The molecule has 0 radical (unpaired) electrons. The predicted octanol–water partition coefficient (Wildman–Crippen LogP) is 4.10. The van der Waals surface area contributed by atoms with E-state index in [0.717, 1.165) is 11.1 Å². The van der Waals surface area contributed by atoms with Crippen molar-refractivity contribution in [2.24, 2.45) is 0 Å². The smallest absolute Gasteiger partial charge is 0.415 e. The number of carboxylic acid groups (broad SMARTS) is 1. The normalized spacial score (nSPS) is 16.0. The van der Waals surface area contributed by atoms with Crippen LogP contribution in [0.3, 0.4) is 0 Å². The van der Waals surface area contributed by atoms with Crippen LogP contribution in [-0.4, -0.2) is 39.8 Å². The van der Waals surface area contributed by atoms with Crippen LogP contribution in [0.25, 0.3) is 0 Å². The van der Waals surface area contributed by atoms with E-state index in [2.05, 4.69) is 10.3 Å². The fourth-order valence-corrected chi connectivity index (χ4v) is 3.91. The molecule has 1 aromatic carbocycles. The average Bonchev–Trinajstić information content (AvgIpc) is 3.19. The maximum absolute atomic E-state index is 12.6. The van der Waals surface area contributed by atoms with E-state index in [-0.39, 0.29) is 29.7 Å². The van der Waals surface area contributed by atoms with Gasteiger partial charge < -0.3 is 15.2 Å². The summed E-state index contributed by atoms with van der Waals surface area (Å²) in [5, 5.41) is 21.6. The van der Waals surface area contributed by atoms with E-state index < -0.39 is 18.1 Å². The van der Waals surface area contributed by atoms with E-state index in [4.69, 9.17) is 15.0 Å². The van der Waals surface area contributed by atoms with Crippen LogP contribution in [0.5, 0.6) is 0 Å². The van der Waals surface area contributed by atoms with Gasteiger partial charge in [-0.05, 0) is 55.7 Å². The second kappa shape index (κ2) is 9.58. The number of hydrogen-bond donors (Lipinski definition) is 2. The molecule has 0 aliphatic carbocycles. The van der Waals surface area contributed by atoms with Crippen molar-refractivity contribution in [1.29, 1.82) is 5.26 Å². The molecule has 2 N–H and O–H groups in total. The maximum atomic E-state index is 12.6. The summed E-state index contributed by atoms with van der Waals surface area (Å²) in [6.07, 6.45) is 0.180. The lowest BCUT2D eigenvalue weighted by Gasteiger charge is -2.23. The molecule has 1 fully saturated rings. The molecular formula is C25H23N5O4. The van der Waals surface area contributed by atoms with Gasteiger partial charge in [0.25, 0.3) is 0 Å². The maximum Gasteiger partial charge on any atom is 0.415 e. The number of aromatic carboxylic acids is 1. The number of nitrogens with one attached hydrogen (secondary N) is 1. The van der Waals surface area contributed by atoms with Gasteiger partial charge in [0.15, 0.2) is 5.69 Å². The molecule has 1 aliphatic heterocycles. The Morgan fingerprint density at radius 3 is 2.74 bits per heavy atom. The highest BCUT2D eigenvalue weighted by molar-refractivity contribution is 5.92. The molecule has 1 amide bonds. The number of carbonyl (C=O) groups excluding carboxylic acids is 1. The highest BCUT2D eigenvalue weighted by Crippen LogP contribution is 2.28. The van der Waals surface area contributed by atoms with Gasteiger partial charge in [-0.15, -0.1) is 0 Å². The Bertz CT molecular complexity index is 1270.